The molecule has 0 amide bonds. The number of rotatable bonds is 7. The van der Waals surface area contributed by atoms with Gasteiger partial charge in [0.25, 0.3) is 5.88 Å². The minimum Gasteiger partial charge on any atom is -0.469 e. The summed E-state index contributed by atoms with van der Waals surface area (Å²) in [5.41, 5.74) is 0.0704. The SMILES string of the molecule is CN1CCCC1COc1nc(OC(C)(C)C)c2ncc(C(O)c3cc(OC(=O)C(C)(C)C)cc4ccccc34)n2n1. The molecule has 1 N–H and O–H groups in total. The molecule has 0 radical (unpaired) electrons. The number of ether oxygens (including phenoxy) is 3. The van der Waals surface area contributed by atoms with E-state index in [4.69, 9.17) is 14.2 Å². The average molecular weight is 562 g/mol. The zero-order valence-corrected chi connectivity index (χ0v) is 24.8. The predicted molar refractivity (Wildman–Crippen MR) is 155 cm³/mol. The van der Waals surface area contributed by atoms with Gasteiger partial charge in [-0.3, -0.25) is 4.79 Å². The van der Waals surface area contributed by atoms with Gasteiger partial charge in [0.05, 0.1) is 17.3 Å². The number of benzene rings is 2. The second-order valence-corrected chi connectivity index (χ2v) is 12.7. The highest BCUT2D eigenvalue weighted by molar-refractivity contribution is 5.89. The van der Waals surface area contributed by atoms with Crippen LogP contribution in [0.15, 0.2) is 42.6 Å². The minimum atomic E-state index is -1.16. The molecule has 1 fully saturated rings. The number of imidazole rings is 1. The van der Waals surface area contributed by atoms with Crippen LogP contribution in [0.4, 0.5) is 0 Å². The zero-order valence-electron chi connectivity index (χ0n) is 24.8. The van der Waals surface area contributed by atoms with Gasteiger partial charge in [0.1, 0.15) is 24.1 Å². The Hall–Kier alpha value is -3.76. The number of likely N-dealkylation sites (N-methyl/N-ethyl adjacent to an activating group) is 1. The van der Waals surface area contributed by atoms with E-state index in [-0.39, 0.29) is 23.9 Å². The smallest absolute Gasteiger partial charge is 0.337 e. The second-order valence-electron chi connectivity index (χ2n) is 12.7. The van der Waals surface area contributed by atoms with Crippen LogP contribution in [-0.2, 0) is 4.79 Å². The standard InChI is InChI=1S/C31H39N5O5/c1-30(2,3)28(38)40-21-15-19-11-8-9-13-22(19)23(16-21)25(37)24-17-32-26-27(41-31(4,5)6)33-29(34-36(24)26)39-18-20-12-10-14-35(20)7/h8-9,11,13,15-17,20,25,37H,10,12,14,18H2,1-7H3. The Kier molecular flexibility index (Phi) is 7.65. The van der Waals surface area contributed by atoms with Crippen LogP contribution in [0.5, 0.6) is 17.6 Å². The van der Waals surface area contributed by atoms with E-state index in [0.717, 1.165) is 30.2 Å². The first-order valence-corrected chi connectivity index (χ1v) is 14.0. The van der Waals surface area contributed by atoms with E-state index in [2.05, 4.69) is 27.0 Å². The van der Waals surface area contributed by atoms with Crippen LogP contribution in [0, 0.1) is 5.41 Å². The van der Waals surface area contributed by atoms with Crippen LogP contribution in [0.3, 0.4) is 0 Å². The third kappa shape index (κ3) is 6.28. The summed E-state index contributed by atoms with van der Waals surface area (Å²) in [6.07, 6.45) is 2.57. The lowest BCUT2D eigenvalue weighted by molar-refractivity contribution is -0.143. The van der Waals surface area contributed by atoms with Crippen molar-refractivity contribution in [3.8, 4) is 17.6 Å². The molecule has 218 valence electrons. The summed E-state index contributed by atoms with van der Waals surface area (Å²) in [5.74, 6) is 0.246. The maximum atomic E-state index is 12.7. The number of nitrogens with zero attached hydrogens (tertiary/aromatic N) is 5. The first-order valence-electron chi connectivity index (χ1n) is 14.0. The first kappa shape index (κ1) is 28.8. The van der Waals surface area contributed by atoms with Crippen LogP contribution in [-0.4, -0.2) is 67.4 Å². The molecule has 2 aromatic carbocycles. The summed E-state index contributed by atoms with van der Waals surface area (Å²) in [7, 11) is 2.08. The number of fused-ring (bicyclic) bond motifs is 2. The molecule has 3 heterocycles. The lowest BCUT2D eigenvalue weighted by Crippen LogP contribution is -2.31. The first-order chi connectivity index (χ1) is 19.3. The van der Waals surface area contributed by atoms with Crippen LogP contribution >= 0.6 is 0 Å². The predicted octanol–water partition coefficient (Wildman–Crippen LogP) is 4.96. The van der Waals surface area contributed by atoms with Gasteiger partial charge in [0.15, 0.2) is 0 Å². The van der Waals surface area contributed by atoms with E-state index >= 15 is 0 Å². The number of aliphatic hydroxyl groups is 1. The van der Waals surface area contributed by atoms with E-state index in [0.29, 0.717) is 29.3 Å². The Morgan fingerprint density at radius 2 is 1.90 bits per heavy atom. The summed E-state index contributed by atoms with van der Waals surface area (Å²) < 4.78 is 19.5. The van der Waals surface area contributed by atoms with Crippen molar-refractivity contribution in [2.45, 2.75) is 72.1 Å². The van der Waals surface area contributed by atoms with Crippen LogP contribution < -0.4 is 14.2 Å². The van der Waals surface area contributed by atoms with Crippen molar-refractivity contribution in [1.82, 2.24) is 24.5 Å². The van der Waals surface area contributed by atoms with Crippen molar-refractivity contribution in [3.05, 3.63) is 53.9 Å². The van der Waals surface area contributed by atoms with E-state index in [1.54, 1.807) is 39.1 Å². The molecule has 1 saturated heterocycles. The van der Waals surface area contributed by atoms with Gasteiger partial charge in [0, 0.05) is 6.04 Å². The normalized spacial score (nSPS) is 17.2. The van der Waals surface area contributed by atoms with Gasteiger partial charge in [-0.25, -0.2) is 9.50 Å². The Balaban J connectivity index is 1.57. The molecule has 2 unspecified atom stereocenters. The number of carbonyl (C=O) groups excluding carboxylic acids is 1. The van der Waals surface area contributed by atoms with Gasteiger partial charge >= 0.3 is 12.0 Å². The number of likely N-dealkylation sites (tertiary alicyclic amines) is 1. The van der Waals surface area contributed by atoms with Crippen LogP contribution in [0.2, 0.25) is 0 Å². The van der Waals surface area contributed by atoms with E-state index < -0.39 is 17.1 Å². The third-order valence-electron chi connectivity index (χ3n) is 7.08. The van der Waals surface area contributed by atoms with Gasteiger partial charge in [-0.2, -0.15) is 4.98 Å². The molecular weight excluding hydrogens is 522 g/mol. The maximum absolute atomic E-state index is 12.7. The second kappa shape index (κ2) is 10.9. The topological polar surface area (TPSA) is 111 Å². The summed E-state index contributed by atoms with van der Waals surface area (Å²) >= 11 is 0. The fourth-order valence-electron chi connectivity index (χ4n) is 4.84. The molecule has 1 aliphatic rings. The summed E-state index contributed by atoms with van der Waals surface area (Å²) in [6, 6.07) is 11.5. The lowest BCUT2D eigenvalue weighted by Gasteiger charge is -2.22. The van der Waals surface area contributed by atoms with Crippen molar-refractivity contribution < 1.29 is 24.1 Å². The molecular formula is C31H39N5O5. The number of esters is 1. The van der Waals surface area contributed by atoms with E-state index in [1.807, 2.05) is 45.0 Å². The molecule has 4 aromatic rings. The van der Waals surface area contributed by atoms with Crippen molar-refractivity contribution in [2.75, 3.05) is 20.2 Å². The Morgan fingerprint density at radius 3 is 2.59 bits per heavy atom. The van der Waals surface area contributed by atoms with Gasteiger partial charge in [0.2, 0.25) is 5.65 Å². The number of hydrogen-bond donors (Lipinski definition) is 1. The Labute approximate surface area is 240 Å². The van der Waals surface area contributed by atoms with Gasteiger partial charge in [-0.05, 0) is 96.4 Å². The summed E-state index contributed by atoms with van der Waals surface area (Å²) in [6.45, 7) is 12.6. The van der Waals surface area contributed by atoms with Crippen molar-refractivity contribution >= 4 is 22.4 Å². The van der Waals surface area contributed by atoms with Crippen LogP contribution in [0.1, 0.15) is 71.7 Å². The van der Waals surface area contributed by atoms with E-state index in [9.17, 15) is 9.90 Å². The highest BCUT2D eigenvalue weighted by Crippen LogP contribution is 2.35. The maximum Gasteiger partial charge on any atom is 0.337 e. The monoisotopic (exact) mass is 561 g/mol. The quantitative estimate of drug-likeness (QED) is 0.247. The number of aromatic nitrogens is 4. The number of carbonyl (C=O) groups is 1. The summed E-state index contributed by atoms with van der Waals surface area (Å²) in [5, 5.41) is 18.1. The average Bonchev–Trinajstić information content (AvgIpc) is 3.51. The molecule has 0 saturated carbocycles. The number of aliphatic hydroxyl groups excluding tert-OH is 1. The molecule has 10 heteroatoms. The molecule has 0 bridgehead atoms. The minimum absolute atomic E-state index is 0.140. The molecule has 0 aliphatic carbocycles. The lowest BCUT2D eigenvalue weighted by atomic mass is 9.96. The molecule has 41 heavy (non-hydrogen) atoms. The largest absolute Gasteiger partial charge is 0.469 e. The molecule has 2 atom stereocenters. The van der Waals surface area contributed by atoms with Crippen LogP contribution in [0.25, 0.3) is 16.4 Å². The molecule has 1 aliphatic heterocycles. The highest BCUT2D eigenvalue weighted by Gasteiger charge is 2.28. The Bertz CT molecular complexity index is 1570. The molecule has 5 rings (SSSR count). The van der Waals surface area contributed by atoms with E-state index in [1.165, 1.54) is 4.52 Å². The fraction of sp³-hybridized carbons (Fsp3) is 0.484. The van der Waals surface area contributed by atoms with Crippen molar-refractivity contribution in [1.29, 1.82) is 0 Å². The van der Waals surface area contributed by atoms with Gasteiger partial charge < -0.3 is 24.2 Å². The molecule has 2 aromatic heterocycles. The summed E-state index contributed by atoms with van der Waals surface area (Å²) in [4.78, 5) is 24.0. The van der Waals surface area contributed by atoms with Gasteiger partial charge in [-0.1, -0.05) is 24.3 Å². The molecule has 10 nitrogen and oxygen atoms in total. The van der Waals surface area contributed by atoms with Crippen molar-refractivity contribution in [3.63, 3.8) is 0 Å². The molecule has 0 spiro atoms. The Morgan fingerprint density at radius 1 is 1.15 bits per heavy atom. The van der Waals surface area contributed by atoms with Gasteiger partial charge in [-0.15, -0.1) is 5.10 Å². The van der Waals surface area contributed by atoms with Crippen molar-refractivity contribution in [2.24, 2.45) is 5.41 Å². The fourth-order valence-corrected chi connectivity index (χ4v) is 4.84. The number of hydrogen-bond acceptors (Lipinski definition) is 9. The zero-order chi connectivity index (χ0) is 29.5. The highest BCUT2D eigenvalue weighted by atomic mass is 16.5. The third-order valence-corrected chi connectivity index (χ3v) is 7.08.